The molecule has 0 N–H and O–H groups in total. The maximum Gasteiger partial charge on any atom is 0.416 e. The lowest BCUT2D eigenvalue weighted by atomic mass is 10.1. The average Bonchev–Trinajstić information content (AvgIpc) is 2.83. The minimum absolute atomic E-state index is 0.000384. The number of rotatable bonds is 3. The summed E-state index contributed by atoms with van der Waals surface area (Å²) < 4.78 is 44.6. The molecule has 1 aliphatic rings. The van der Waals surface area contributed by atoms with Gasteiger partial charge in [0.1, 0.15) is 0 Å². The van der Waals surface area contributed by atoms with Crippen LogP contribution in [-0.2, 0) is 6.18 Å². The van der Waals surface area contributed by atoms with Crippen molar-refractivity contribution >= 4 is 29.0 Å². The molecule has 1 amide bonds. The van der Waals surface area contributed by atoms with Gasteiger partial charge in [0.05, 0.1) is 23.3 Å². The van der Waals surface area contributed by atoms with Crippen LogP contribution in [0.25, 0.3) is 0 Å². The number of ether oxygens (including phenoxy) is 1. The third-order valence-corrected chi connectivity index (χ3v) is 5.77. The summed E-state index contributed by atoms with van der Waals surface area (Å²) >= 11 is 1.39. The van der Waals surface area contributed by atoms with E-state index in [0.29, 0.717) is 11.3 Å². The van der Waals surface area contributed by atoms with Crippen molar-refractivity contribution in [1.29, 1.82) is 0 Å². The predicted octanol–water partition coefficient (Wildman–Crippen LogP) is 5.15. The van der Waals surface area contributed by atoms with Crippen molar-refractivity contribution in [3.05, 3.63) is 57.6 Å². The van der Waals surface area contributed by atoms with Crippen LogP contribution in [0.5, 0.6) is 5.75 Å². The lowest BCUT2D eigenvalue weighted by Crippen LogP contribution is -2.32. The van der Waals surface area contributed by atoms with E-state index in [1.54, 1.807) is 0 Å². The zero-order valence-corrected chi connectivity index (χ0v) is 16.3. The number of nitrogens with zero attached hydrogens (tertiary/aromatic N) is 2. The molecule has 1 aliphatic heterocycles. The molecular weight excluding hydrogens is 409 g/mol. The molecule has 154 valence electrons. The van der Waals surface area contributed by atoms with Crippen molar-refractivity contribution in [2.75, 3.05) is 18.6 Å². The first-order valence-corrected chi connectivity index (χ1v) is 9.52. The molecule has 0 aliphatic carbocycles. The van der Waals surface area contributed by atoms with Gasteiger partial charge in [0, 0.05) is 28.3 Å². The third kappa shape index (κ3) is 4.31. The Morgan fingerprint density at radius 3 is 2.62 bits per heavy atom. The van der Waals surface area contributed by atoms with E-state index < -0.39 is 22.6 Å². The number of anilines is 1. The molecule has 0 saturated heterocycles. The molecule has 1 atom stereocenters. The summed E-state index contributed by atoms with van der Waals surface area (Å²) in [5.74, 6) is -0.614. The van der Waals surface area contributed by atoms with Gasteiger partial charge in [0.25, 0.3) is 5.91 Å². The highest BCUT2D eigenvalue weighted by atomic mass is 32.2. The maximum atomic E-state index is 13.2. The summed E-state index contributed by atoms with van der Waals surface area (Å²) in [4.78, 5) is 25.5. The molecule has 29 heavy (non-hydrogen) atoms. The molecule has 3 rings (SSSR count). The van der Waals surface area contributed by atoms with E-state index in [-0.39, 0.29) is 34.5 Å². The topological polar surface area (TPSA) is 72.7 Å². The maximum absolute atomic E-state index is 13.2. The van der Waals surface area contributed by atoms with E-state index in [9.17, 15) is 28.1 Å². The summed E-state index contributed by atoms with van der Waals surface area (Å²) in [5.41, 5.74) is -1.09. The molecule has 1 unspecified atom stereocenters. The molecule has 1 heterocycles. The van der Waals surface area contributed by atoms with Crippen LogP contribution in [-0.4, -0.2) is 29.7 Å². The number of alkyl halides is 3. The van der Waals surface area contributed by atoms with Gasteiger partial charge in [-0.1, -0.05) is 6.92 Å². The van der Waals surface area contributed by atoms with Gasteiger partial charge < -0.3 is 9.64 Å². The fourth-order valence-electron chi connectivity index (χ4n) is 3.04. The Hall–Kier alpha value is -2.75. The molecule has 0 fully saturated rings. The highest BCUT2D eigenvalue weighted by Crippen LogP contribution is 2.42. The van der Waals surface area contributed by atoms with Gasteiger partial charge in [-0.2, -0.15) is 13.2 Å². The van der Waals surface area contributed by atoms with Crippen molar-refractivity contribution in [3.63, 3.8) is 0 Å². The molecule has 0 spiro atoms. The molecule has 10 heteroatoms. The number of nitro groups is 1. The monoisotopic (exact) mass is 426 g/mol. The predicted molar refractivity (Wildman–Crippen MR) is 103 cm³/mol. The molecule has 2 aromatic carbocycles. The summed E-state index contributed by atoms with van der Waals surface area (Å²) in [6, 6.07) is 7.05. The van der Waals surface area contributed by atoms with E-state index in [2.05, 4.69) is 0 Å². The normalized spacial score (nSPS) is 16.7. The Balaban J connectivity index is 2.08. The zero-order chi connectivity index (χ0) is 21.3. The SMILES string of the molecule is COc1ccc(C(=O)N2CCC(C)Sc3ccc(C(F)(F)F)cc32)cc1[N+](=O)[O-]. The summed E-state index contributed by atoms with van der Waals surface area (Å²) in [5, 5.41) is 11.3. The molecule has 2 aromatic rings. The third-order valence-electron chi connectivity index (χ3n) is 4.53. The van der Waals surface area contributed by atoms with Crippen LogP contribution in [0.2, 0.25) is 0 Å². The minimum Gasteiger partial charge on any atom is -0.490 e. The number of amides is 1. The van der Waals surface area contributed by atoms with Crippen molar-refractivity contribution in [3.8, 4) is 5.75 Å². The molecule has 6 nitrogen and oxygen atoms in total. The van der Waals surface area contributed by atoms with E-state index in [1.165, 1.54) is 42.0 Å². The Kier molecular flexibility index (Phi) is 5.74. The van der Waals surface area contributed by atoms with Crippen LogP contribution >= 0.6 is 11.8 Å². The largest absolute Gasteiger partial charge is 0.490 e. The zero-order valence-electron chi connectivity index (χ0n) is 15.5. The highest BCUT2D eigenvalue weighted by Gasteiger charge is 2.34. The molecular formula is C19H17F3N2O4S. The first-order valence-electron chi connectivity index (χ1n) is 8.64. The smallest absolute Gasteiger partial charge is 0.416 e. The summed E-state index contributed by atoms with van der Waals surface area (Å²) in [6.07, 6.45) is -3.99. The van der Waals surface area contributed by atoms with Crippen LogP contribution in [0.15, 0.2) is 41.3 Å². The Bertz CT molecular complexity index is 965. The van der Waals surface area contributed by atoms with Crippen LogP contribution in [0.4, 0.5) is 24.5 Å². The fourth-order valence-corrected chi connectivity index (χ4v) is 4.14. The molecule has 0 saturated carbocycles. The number of nitro benzene ring substituents is 1. The molecule has 0 aromatic heterocycles. The van der Waals surface area contributed by atoms with Crippen LogP contribution in [0.1, 0.15) is 29.3 Å². The van der Waals surface area contributed by atoms with Gasteiger partial charge in [-0.25, -0.2) is 0 Å². The van der Waals surface area contributed by atoms with Crippen LogP contribution < -0.4 is 9.64 Å². The number of hydrogen-bond donors (Lipinski definition) is 0. The lowest BCUT2D eigenvalue weighted by molar-refractivity contribution is -0.385. The van der Waals surface area contributed by atoms with Gasteiger partial charge in [-0.3, -0.25) is 14.9 Å². The number of carbonyl (C=O) groups excluding carboxylic acids is 1. The van der Waals surface area contributed by atoms with Crippen LogP contribution in [0, 0.1) is 10.1 Å². The lowest BCUT2D eigenvalue weighted by Gasteiger charge is -2.24. The van der Waals surface area contributed by atoms with Gasteiger partial charge in [0.15, 0.2) is 5.75 Å². The molecule has 0 radical (unpaired) electrons. The van der Waals surface area contributed by atoms with Gasteiger partial charge in [-0.05, 0) is 36.8 Å². The van der Waals surface area contributed by atoms with Crippen molar-refractivity contribution in [2.45, 2.75) is 29.7 Å². The van der Waals surface area contributed by atoms with Crippen molar-refractivity contribution in [2.24, 2.45) is 0 Å². The highest BCUT2D eigenvalue weighted by molar-refractivity contribution is 8.00. The second-order valence-electron chi connectivity index (χ2n) is 6.50. The minimum atomic E-state index is -4.55. The number of methoxy groups -OCH3 is 1. The second kappa shape index (κ2) is 7.94. The van der Waals surface area contributed by atoms with E-state index in [1.807, 2.05) is 6.92 Å². The van der Waals surface area contributed by atoms with E-state index in [0.717, 1.165) is 18.2 Å². The number of thioether (sulfide) groups is 1. The number of benzene rings is 2. The first kappa shape index (κ1) is 21.0. The molecule has 0 bridgehead atoms. The van der Waals surface area contributed by atoms with Crippen molar-refractivity contribution < 1.29 is 27.6 Å². The average molecular weight is 426 g/mol. The van der Waals surface area contributed by atoms with E-state index in [4.69, 9.17) is 4.74 Å². The summed E-state index contributed by atoms with van der Waals surface area (Å²) in [6.45, 7) is 2.12. The number of fused-ring (bicyclic) bond motifs is 1. The standard InChI is InChI=1S/C19H17F3N2O4S/c1-11-7-8-23(15-10-13(19(20,21)22)4-6-17(15)29-11)18(25)12-3-5-16(28-2)14(9-12)24(26)27/h3-6,9-11H,7-8H2,1-2H3. The number of hydrogen-bond acceptors (Lipinski definition) is 5. The number of carbonyl (C=O) groups is 1. The van der Waals surface area contributed by atoms with Gasteiger partial charge >= 0.3 is 11.9 Å². The van der Waals surface area contributed by atoms with Gasteiger partial charge in [0.2, 0.25) is 0 Å². The van der Waals surface area contributed by atoms with Crippen molar-refractivity contribution in [1.82, 2.24) is 0 Å². The van der Waals surface area contributed by atoms with Crippen LogP contribution in [0.3, 0.4) is 0 Å². The van der Waals surface area contributed by atoms with E-state index >= 15 is 0 Å². The summed E-state index contributed by atoms with van der Waals surface area (Å²) in [7, 11) is 1.27. The Labute approximate surface area is 168 Å². The Morgan fingerprint density at radius 1 is 1.28 bits per heavy atom. The number of halogens is 3. The van der Waals surface area contributed by atoms with Gasteiger partial charge in [-0.15, -0.1) is 11.8 Å². The Morgan fingerprint density at radius 2 is 2.00 bits per heavy atom. The first-order chi connectivity index (χ1) is 13.6. The quantitative estimate of drug-likeness (QED) is 0.501. The second-order valence-corrected chi connectivity index (χ2v) is 7.98. The fraction of sp³-hybridized carbons (Fsp3) is 0.316.